The zero-order chi connectivity index (χ0) is 18.5. The maximum absolute atomic E-state index is 12.7. The van der Waals surface area contributed by atoms with Crippen molar-refractivity contribution in [2.45, 2.75) is 6.42 Å². The van der Waals surface area contributed by atoms with Crippen LogP contribution in [0.2, 0.25) is 0 Å². The van der Waals surface area contributed by atoms with Crippen LogP contribution in [-0.2, 0) is 6.42 Å². The zero-order valence-electron chi connectivity index (χ0n) is 14.0. The molecule has 27 heavy (non-hydrogen) atoms. The molecule has 6 heteroatoms. The Balaban J connectivity index is 1.67. The minimum absolute atomic E-state index is 0.0310. The Labute approximate surface area is 162 Å². The van der Waals surface area contributed by atoms with Crippen molar-refractivity contribution in [3.63, 3.8) is 0 Å². The molecule has 0 spiro atoms. The smallest absolute Gasteiger partial charge is 0.258 e. The Morgan fingerprint density at radius 3 is 2.81 bits per heavy atom. The number of fused-ring (bicyclic) bond motifs is 4. The maximum atomic E-state index is 12.7. The number of hydrogen-bond acceptors (Lipinski definition) is 4. The summed E-state index contributed by atoms with van der Waals surface area (Å²) in [6.07, 6.45) is 0.444. The van der Waals surface area contributed by atoms with Crippen LogP contribution in [0.4, 0.5) is 0 Å². The Kier molecular flexibility index (Phi) is 3.55. The van der Waals surface area contributed by atoms with Crippen LogP contribution in [0.5, 0.6) is 17.4 Å². The first-order chi connectivity index (χ1) is 13.1. The number of aromatic hydroxyl groups is 1. The van der Waals surface area contributed by atoms with Crippen LogP contribution in [0.25, 0.3) is 22.2 Å². The molecule has 0 aliphatic carbocycles. The van der Waals surface area contributed by atoms with Crippen LogP contribution in [-0.4, -0.2) is 15.1 Å². The van der Waals surface area contributed by atoms with E-state index in [1.54, 1.807) is 18.2 Å². The number of nitrogens with one attached hydrogen (secondary N) is 1. The highest BCUT2D eigenvalue weighted by Crippen LogP contribution is 2.39. The number of rotatable bonds is 1. The molecule has 5 nitrogen and oxygen atoms in total. The quantitative estimate of drug-likeness (QED) is 0.410. The fraction of sp³-hybridized carbons (Fsp3) is 0.0476. The van der Waals surface area contributed by atoms with Crippen LogP contribution >= 0.6 is 15.9 Å². The molecule has 0 atom stereocenters. The third-order valence-electron chi connectivity index (χ3n) is 4.75. The van der Waals surface area contributed by atoms with Crippen molar-refractivity contribution in [3.8, 4) is 28.8 Å². The van der Waals surface area contributed by atoms with E-state index >= 15 is 0 Å². The number of ether oxygens (including phenoxy) is 1. The summed E-state index contributed by atoms with van der Waals surface area (Å²) in [4.78, 5) is 20.0. The van der Waals surface area contributed by atoms with Gasteiger partial charge in [0.05, 0.1) is 11.1 Å². The van der Waals surface area contributed by atoms with Crippen molar-refractivity contribution in [2.75, 3.05) is 0 Å². The lowest BCUT2D eigenvalue weighted by Crippen LogP contribution is -2.20. The molecular weight excluding hydrogens is 408 g/mol. The van der Waals surface area contributed by atoms with Gasteiger partial charge in [0.2, 0.25) is 5.88 Å². The van der Waals surface area contributed by atoms with E-state index in [4.69, 9.17) is 4.74 Å². The third kappa shape index (κ3) is 2.61. The van der Waals surface area contributed by atoms with Gasteiger partial charge in [-0.3, -0.25) is 4.79 Å². The molecule has 4 aromatic rings. The number of H-pyrrole nitrogens is 1. The van der Waals surface area contributed by atoms with Crippen LogP contribution in [0.15, 0.2) is 63.9 Å². The van der Waals surface area contributed by atoms with Gasteiger partial charge >= 0.3 is 0 Å². The van der Waals surface area contributed by atoms with Gasteiger partial charge in [0.1, 0.15) is 17.3 Å². The highest BCUT2D eigenvalue weighted by atomic mass is 79.9. The van der Waals surface area contributed by atoms with Gasteiger partial charge in [0.25, 0.3) is 5.56 Å². The number of hydrogen-bond donors (Lipinski definition) is 2. The molecule has 0 amide bonds. The average Bonchev–Trinajstić information content (AvgIpc) is 2.68. The van der Waals surface area contributed by atoms with Crippen molar-refractivity contribution in [1.82, 2.24) is 9.97 Å². The van der Waals surface area contributed by atoms with Gasteiger partial charge in [0.15, 0.2) is 0 Å². The van der Waals surface area contributed by atoms with E-state index in [0.29, 0.717) is 23.3 Å². The molecule has 1 aliphatic heterocycles. The summed E-state index contributed by atoms with van der Waals surface area (Å²) >= 11 is 3.37. The normalized spacial score (nSPS) is 12.3. The Hall–Kier alpha value is -3.12. The topological polar surface area (TPSA) is 75.2 Å². The minimum Gasteiger partial charge on any atom is -0.507 e. The number of halogens is 1. The van der Waals surface area contributed by atoms with E-state index in [0.717, 1.165) is 20.8 Å². The Morgan fingerprint density at radius 1 is 1.07 bits per heavy atom. The summed E-state index contributed by atoms with van der Waals surface area (Å²) < 4.78 is 6.75. The molecule has 0 saturated carbocycles. The predicted octanol–water partition coefficient (Wildman–Crippen LogP) is 4.75. The lowest BCUT2D eigenvalue weighted by Gasteiger charge is -2.20. The van der Waals surface area contributed by atoms with Gasteiger partial charge in [0, 0.05) is 16.5 Å². The molecule has 0 bridgehead atoms. The monoisotopic (exact) mass is 420 g/mol. The van der Waals surface area contributed by atoms with Gasteiger partial charge in [-0.25, -0.2) is 0 Å². The molecule has 0 unspecified atom stereocenters. The molecule has 1 aliphatic rings. The van der Waals surface area contributed by atoms with Crippen molar-refractivity contribution in [2.24, 2.45) is 0 Å². The zero-order valence-corrected chi connectivity index (χ0v) is 15.6. The maximum Gasteiger partial charge on any atom is 0.258 e. The van der Waals surface area contributed by atoms with Crippen LogP contribution < -0.4 is 10.3 Å². The number of aromatic amines is 1. The molecule has 5 rings (SSSR count). The second-order valence-electron chi connectivity index (χ2n) is 6.40. The highest BCUT2D eigenvalue weighted by Gasteiger charge is 2.24. The molecule has 2 N–H and O–H groups in total. The standard InChI is InChI=1S/C21H13BrN2O3/c22-12-6-7-17(25)15(9-12)19-23-20(26)16-10-14-13-4-2-1-3-11(13)5-8-18(14)27-21(16)24-19/h1-9,25H,10H2,(H,23,24,26). The first kappa shape index (κ1) is 16.1. The van der Waals surface area contributed by atoms with Crippen LogP contribution in [0.3, 0.4) is 0 Å². The summed E-state index contributed by atoms with van der Waals surface area (Å²) in [5.74, 6) is 1.27. The van der Waals surface area contributed by atoms with E-state index in [1.165, 1.54) is 0 Å². The molecule has 1 aromatic heterocycles. The first-order valence-corrected chi connectivity index (χ1v) is 9.20. The Bertz CT molecular complexity index is 1280. The molecular formula is C21H13BrN2O3. The largest absolute Gasteiger partial charge is 0.507 e. The van der Waals surface area contributed by atoms with Gasteiger partial charge < -0.3 is 14.8 Å². The molecule has 132 valence electrons. The van der Waals surface area contributed by atoms with E-state index in [2.05, 4.69) is 25.9 Å². The summed E-state index contributed by atoms with van der Waals surface area (Å²) in [5.41, 5.74) is 1.62. The summed E-state index contributed by atoms with van der Waals surface area (Å²) in [7, 11) is 0. The van der Waals surface area contributed by atoms with Gasteiger partial charge in [-0.05, 0) is 35.0 Å². The lowest BCUT2D eigenvalue weighted by atomic mass is 9.96. The summed E-state index contributed by atoms with van der Waals surface area (Å²) in [6.45, 7) is 0. The van der Waals surface area contributed by atoms with Gasteiger partial charge in [-0.1, -0.05) is 46.3 Å². The molecule has 0 fully saturated rings. The van der Waals surface area contributed by atoms with Crippen molar-refractivity contribution >= 4 is 26.7 Å². The minimum atomic E-state index is -0.270. The fourth-order valence-corrected chi connectivity index (χ4v) is 3.78. The van der Waals surface area contributed by atoms with E-state index in [9.17, 15) is 9.90 Å². The molecule has 2 heterocycles. The molecule has 0 radical (unpaired) electrons. The third-order valence-corrected chi connectivity index (χ3v) is 5.24. The number of phenols is 1. The van der Waals surface area contributed by atoms with Crippen LogP contribution in [0.1, 0.15) is 11.1 Å². The molecule has 3 aromatic carbocycles. The van der Waals surface area contributed by atoms with Crippen molar-refractivity contribution < 1.29 is 9.84 Å². The van der Waals surface area contributed by atoms with E-state index in [-0.39, 0.29) is 23.0 Å². The van der Waals surface area contributed by atoms with E-state index in [1.807, 2.05) is 36.4 Å². The second kappa shape index (κ2) is 5.96. The predicted molar refractivity (Wildman–Crippen MR) is 106 cm³/mol. The first-order valence-electron chi connectivity index (χ1n) is 8.41. The van der Waals surface area contributed by atoms with Gasteiger partial charge in [-0.2, -0.15) is 4.98 Å². The fourth-order valence-electron chi connectivity index (χ4n) is 3.42. The van der Waals surface area contributed by atoms with E-state index < -0.39 is 0 Å². The second-order valence-corrected chi connectivity index (χ2v) is 7.32. The Morgan fingerprint density at radius 2 is 1.93 bits per heavy atom. The van der Waals surface area contributed by atoms with Gasteiger partial charge in [-0.15, -0.1) is 0 Å². The number of benzene rings is 3. The van der Waals surface area contributed by atoms with Crippen molar-refractivity contribution in [1.29, 1.82) is 0 Å². The summed E-state index contributed by atoms with van der Waals surface area (Å²) in [6, 6.07) is 16.9. The average molecular weight is 421 g/mol. The highest BCUT2D eigenvalue weighted by molar-refractivity contribution is 9.10. The number of aromatic nitrogens is 2. The number of phenolic OH excluding ortho intramolecular Hbond substituents is 1. The lowest BCUT2D eigenvalue weighted by molar-refractivity contribution is 0.439. The number of nitrogens with zero attached hydrogens (tertiary/aromatic N) is 1. The van der Waals surface area contributed by atoms with Crippen LogP contribution in [0, 0.1) is 0 Å². The SMILES string of the molecule is O=c1[nH]c(-c2cc(Br)ccc2O)nc2c1Cc1c(ccc3ccccc13)O2. The summed E-state index contributed by atoms with van der Waals surface area (Å²) in [5, 5.41) is 12.3. The van der Waals surface area contributed by atoms with Crippen molar-refractivity contribution in [3.05, 3.63) is 80.6 Å². The molecule has 0 saturated heterocycles.